The molecular weight excluding hydrogens is 148 g/mol. The molecule has 0 aliphatic rings. The number of hydrogen-bond donors (Lipinski definition) is 1. The molecule has 0 atom stereocenters. The van der Waals surface area contributed by atoms with Gasteiger partial charge in [0.15, 0.2) is 0 Å². The Balaban J connectivity index is 4.37. The second-order valence-corrected chi connectivity index (χ2v) is 4.22. The fourth-order valence-electron chi connectivity index (χ4n) is 1.41. The van der Waals surface area contributed by atoms with Gasteiger partial charge in [-0.15, -0.1) is 0 Å². The maximum absolute atomic E-state index is 5.59. The van der Waals surface area contributed by atoms with Crippen LogP contribution >= 0.6 is 0 Å². The fourth-order valence-corrected chi connectivity index (χ4v) is 1.41. The van der Waals surface area contributed by atoms with Crippen molar-refractivity contribution in [2.75, 3.05) is 13.6 Å². The third-order valence-electron chi connectivity index (χ3n) is 1.90. The summed E-state index contributed by atoms with van der Waals surface area (Å²) in [6.45, 7) is 9.78. The van der Waals surface area contributed by atoms with Crippen molar-refractivity contribution in [3.05, 3.63) is 11.9 Å². The van der Waals surface area contributed by atoms with Crippen LogP contribution in [0, 0.1) is 5.41 Å². The molecule has 0 bridgehead atoms. The highest BCUT2D eigenvalue weighted by molar-refractivity contribution is 5.07. The third-order valence-corrected chi connectivity index (χ3v) is 1.90. The first kappa shape index (κ1) is 11.3. The normalized spacial score (nSPS) is 13.2. The van der Waals surface area contributed by atoms with E-state index in [1.54, 1.807) is 6.20 Å². The van der Waals surface area contributed by atoms with E-state index in [0.29, 0.717) is 0 Å². The SMILES string of the molecule is CCCN(C)/C(=C\N)C(C)(C)C. The predicted molar refractivity (Wildman–Crippen MR) is 54.6 cm³/mol. The summed E-state index contributed by atoms with van der Waals surface area (Å²) in [5, 5.41) is 0. The summed E-state index contributed by atoms with van der Waals surface area (Å²) in [7, 11) is 2.09. The number of nitrogens with two attached hydrogens (primary N) is 1. The van der Waals surface area contributed by atoms with Gasteiger partial charge in [0, 0.05) is 30.9 Å². The van der Waals surface area contributed by atoms with Crippen molar-refractivity contribution in [2.45, 2.75) is 34.1 Å². The van der Waals surface area contributed by atoms with E-state index in [1.807, 2.05) is 0 Å². The standard InChI is InChI=1S/C10H22N2/c1-6-7-12(5)9(8-11)10(2,3)4/h8H,6-7,11H2,1-5H3/b9-8-. The molecule has 0 aromatic rings. The molecule has 0 amide bonds. The van der Waals surface area contributed by atoms with Crippen LogP contribution in [0.15, 0.2) is 11.9 Å². The maximum atomic E-state index is 5.59. The topological polar surface area (TPSA) is 29.3 Å². The van der Waals surface area contributed by atoms with E-state index >= 15 is 0 Å². The summed E-state index contributed by atoms with van der Waals surface area (Å²) in [6.07, 6.45) is 2.87. The smallest absolute Gasteiger partial charge is 0.0342 e. The first-order valence-corrected chi connectivity index (χ1v) is 4.57. The molecule has 0 radical (unpaired) electrons. The Morgan fingerprint density at radius 2 is 1.92 bits per heavy atom. The molecule has 2 heteroatoms. The van der Waals surface area contributed by atoms with Crippen molar-refractivity contribution >= 4 is 0 Å². The van der Waals surface area contributed by atoms with Crippen LogP contribution in [0.3, 0.4) is 0 Å². The minimum Gasteiger partial charge on any atom is -0.403 e. The van der Waals surface area contributed by atoms with E-state index < -0.39 is 0 Å². The molecule has 0 aromatic carbocycles. The quantitative estimate of drug-likeness (QED) is 0.703. The zero-order valence-corrected chi connectivity index (χ0v) is 9.02. The zero-order chi connectivity index (χ0) is 9.78. The summed E-state index contributed by atoms with van der Waals surface area (Å²) >= 11 is 0. The maximum Gasteiger partial charge on any atom is 0.0342 e. The van der Waals surface area contributed by atoms with Gasteiger partial charge in [-0.3, -0.25) is 0 Å². The van der Waals surface area contributed by atoms with Gasteiger partial charge in [-0.05, 0) is 6.42 Å². The lowest BCUT2D eigenvalue weighted by Gasteiger charge is -2.31. The molecule has 2 N–H and O–H groups in total. The summed E-state index contributed by atoms with van der Waals surface area (Å²) in [6, 6.07) is 0. The molecule has 0 aliphatic carbocycles. The van der Waals surface area contributed by atoms with Crippen molar-refractivity contribution < 1.29 is 0 Å². The second kappa shape index (κ2) is 4.39. The first-order valence-electron chi connectivity index (χ1n) is 4.57. The Kier molecular flexibility index (Phi) is 4.15. The highest BCUT2D eigenvalue weighted by Crippen LogP contribution is 2.26. The van der Waals surface area contributed by atoms with Gasteiger partial charge in [0.2, 0.25) is 0 Å². The number of nitrogens with zero attached hydrogens (tertiary/aromatic N) is 1. The highest BCUT2D eigenvalue weighted by atomic mass is 15.1. The minimum atomic E-state index is 0.151. The van der Waals surface area contributed by atoms with Crippen LogP contribution in [-0.2, 0) is 0 Å². The van der Waals surface area contributed by atoms with Gasteiger partial charge in [0.25, 0.3) is 0 Å². The molecule has 0 heterocycles. The lowest BCUT2D eigenvalue weighted by molar-refractivity contribution is 0.309. The lowest BCUT2D eigenvalue weighted by atomic mass is 9.91. The monoisotopic (exact) mass is 170 g/mol. The van der Waals surface area contributed by atoms with Crippen molar-refractivity contribution in [3.63, 3.8) is 0 Å². The first-order chi connectivity index (χ1) is 5.43. The van der Waals surface area contributed by atoms with Crippen LogP contribution in [0.25, 0.3) is 0 Å². The second-order valence-electron chi connectivity index (χ2n) is 4.22. The van der Waals surface area contributed by atoms with Gasteiger partial charge < -0.3 is 10.6 Å². The van der Waals surface area contributed by atoms with Crippen molar-refractivity contribution in [2.24, 2.45) is 11.1 Å². The van der Waals surface area contributed by atoms with Crippen LogP contribution in [0.5, 0.6) is 0 Å². The van der Waals surface area contributed by atoms with Crippen LogP contribution in [-0.4, -0.2) is 18.5 Å². The summed E-state index contributed by atoms with van der Waals surface area (Å²) in [5.74, 6) is 0. The third kappa shape index (κ3) is 3.16. The predicted octanol–water partition coefficient (Wildman–Crippen LogP) is 2.17. The molecule has 0 saturated carbocycles. The largest absolute Gasteiger partial charge is 0.403 e. The molecule has 2 nitrogen and oxygen atoms in total. The van der Waals surface area contributed by atoms with E-state index in [4.69, 9.17) is 5.73 Å². The lowest BCUT2D eigenvalue weighted by Crippen LogP contribution is -2.28. The molecule has 0 rings (SSSR count). The van der Waals surface area contributed by atoms with Gasteiger partial charge in [-0.25, -0.2) is 0 Å². The minimum absolute atomic E-state index is 0.151. The fraction of sp³-hybridized carbons (Fsp3) is 0.800. The number of rotatable bonds is 3. The van der Waals surface area contributed by atoms with Crippen LogP contribution in [0.2, 0.25) is 0 Å². The molecule has 72 valence electrons. The average molecular weight is 170 g/mol. The molecule has 0 aromatic heterocycles. The van der Waals surface area contributed by atoms with Gasteiger partial charge in [0.05, 0.1) is 0 Å². The Morgan fingerprint density at radius 1 is 1.42 bits per heavy atom. The Bertz CT molecular complexity index is 154. The molecule has 0 spiro atoms. The van der Waals surface area contributed by atoms with Gasteiger partial charge in [-0.1, -0.05) is 27.7 Å². The van der Waals surface area contributed by atoms with Crippen molar-refractivity contribution in [3.8, 4) is 0 Å². The van der Waals surface area contributed by atoms with E-state index in [2.05, 4.69) is 39.6 Å². The summed E-state index contributed by atoms with van der Waals surface area (Å²) in [5.41, 5.74) is 6.95. The Morgan fingerprint density at radius 3 is 2.17 bits per heavy atom. The Labute approximate surface area is 76.4 Å². The van der Waals surface area contributed by atoms with Crippen LogP contribution in [0.4, 0.5) is 0 Å². The highest BCUT2D eigenvalue weighted by Gasteiger charge is 2.19. The van der Waals surface area contributed by atoms with E-state index in [1.165, 1.54) is 5.70 Å². The number of hydrogen-bond acceptors (Lipinski definition) is 2. The van der Waals surface area contributed by atoms with E-state index in [9.17, 15) is 0 Å². The van der Waals surface area contributed by atoms with E-state index in [0.717, 1.165) is 13.0 Å². The average Bonchev–Trinajstić information content (AvgIpc) is 1.85. The van der Waals surface area contributed by atoms with Crippen molar-refractivity contribution in [1.82, 2.24) is 4.90 Å². The molecule has 0 aliphatic heterocycles. The summed E-state index contributed by atoms with van der Waals surface area (Å²) < 4.78 is 0. The molecule has 12 heavy (non-hydrogen) atoms. The number of allylic oxidation sites excluding steroid dienone is 1. The van der Waals surface area contributed by atoms with Crippen molar-refractivity contribution in [1.29, 1.82) is 0 Å². The van der Waals surface area contributed by atoms with Crippen LogP contribution < -0.4 is 5.73 Å². The van der Waals surface area contributed by atoms with Crippen LogP contribution in [0.1, 0.15) is 34.1 Å². The molecule has 0 unspecified atom stereocenters. The summed E-state index contributed by atoms with van der Waals surface area (Å²) in [4.78, 5) is 2.22. The molecular formula is C10H22N2. The molecule has 0 fully saturated rings. The van der Waals surface area contributed by atoms with E-state index in [-0.39, 0.29) is 5.41 Å². The van der Waals surface area contributed by atoms with Gasteiger partial charge >= 0.3 is 0 Å². The van der Waals surface area contributed by atoms with Gasteiger partial charge in [0.1, 0.15) is 0 Å². The van der Waals surface area contributed by atoms with Gasteiger partial charge in [-0.2, -0.15) is 0 Å². The zero-order valence-electron chi connectivity index (χ0n) is 9.02. The Hall–Kier alpha value is -0.660. The molecule has 0 saturated heterocycles.